The van der Waals surface area contributed by atoms with Crippen molar-refractivity contribution in [2.45, 2.75) is 12.3 Å². The van der Waals surface area contributed by atoms with Crippen LogP contribution in [-0.4, -0.2) is 23.1 Å². The zero-order valence-electron chi connectivity index (χ0n) is 7.62. The van der Waals surface area contributed by atoms with Crippen LogP contribution < -0.4 is 5.32 Å². The van der Waals surface area contributed by atoms with Gasteiger partial charge in [0, 0.05) is 24.9 Å². The standard InChI is InChI=1S/C9H15N3/c1-10-4-7-3-8(7)9-5-11-6-12(9)2/h5-8,10H,3-4H2,1-2H3. The number of aryl methyl sites for hydroxylation is 1. The van der Waals surface area contributed by atoms with E-state index in [1.165, 1.54) is 12.1 Å². The fraction of sp³-hybridized carbons (Fsp3) is 0.667. The molecule has 0 saturated heterocycles. The van der Waals surface area contributed by atoms with Gasteiger partial charge >= 0.3 is 0 Å². The lowest BCUT2D eigenvalue weighted by molar-refractivity contribution is 0.682. The third-order valence-electron chi connectivity index (χ3n) is 2.62. The Labute approximate surface area is 72.8 Å². The van der Waals surface area contributed by atoms with Crippen molar-refractivity contribution in [2.24, 2.45) is 13.0 Å². The van der Waals surface area contributed by atoms with Gasteiger partial charge in [-0.15, -0.1) is 0 Å². The summed E-state index contributed by atoms with van der Waals surface area (Å²) in [6.07, 6.45) is 5.19. The smallest absolute Gasteiger partial charge is 0.0945 e. The monoisotopic (exact) mass is 165 g/mol. The average molecular weight is 165 g/mol. The maximum Gasteiger partial charge on any atom is 0.0945 e. The predicted molar refractivity (Wildman–Crippen MR) is 48.0 cm³/mol. The van der Waals surface area contributed by atoms with Gasteiger partial charge in [0.05, 0.1) is 6.33 Å². The Morgan fingerprint density at radius 1 is 1.75 bits per heavy atom. The summed E-state index contributed by atoms with van der Waals surface area (Å²) >= 11 is 0. The quantitative estimate of drug-likeness (QED) is 0.716. The molecule has 2 rings (SSSR count). The zero-order valence-corrected chi connectivity index (χ0v) is 7.62. The van der Waals surface area contributed by atoms with Gasteiger partial charge in [0.15, 0.2) is 0 Å². The van der Waals surface area contributed by atoms with Crippen LogP contribution in [0.25, 0.3) is 0 Å². The first-order valence-electron chi connectivity index (χ1n) is 4.43. The molecular weight excluding hydrogens is 150 g/mol. The first-order chi connectivity index (χ1) is 5.83. The minimum absolute atomic E-state index is 0.755. The van der Waals surface area contributed by atoms with Crippen LogP contribution >= 0.6 is 0 Å². The molecule has 2 atom stereocenters. The molecule has 3 heteroatoms. The maximum atomic E-state index is 4.12. The third kappa shape index (κ3) is 1.25. The van der Waals surface area contributed by atoms with E-state index in [4.69, 9.17) is 0 Å². The molecule has 0 bridgehead atoms. The second-order valence-electron chi connectivity index (χ2n) is 3.59. The molecule has 1 aromatic rings. The molecule has 3 nitrogen and oxygen atoms in total. The molecule has 1 heterocycles. The van der Waals surface area contributed by atoms with E-state index in [0.717, 1.165) is 18.4 Å². The summed E-state index contributed by atoms with van der Waals surface area (Å²) in [4.78, 5) is 4.12. The molecule has 2 unspecified atom stereocenters. The second-order valence-corrected chi connectivity index (χ2v) is 3.59. The second kappa shape index (κ2) is 2.90. The van der Waals surface area contributed by atoms with E-state index in [1.54, 1.807) is 0 Å². The van der Waals surface area contributed by atoms with Crippen LogP contribution in [0.5, 0.6) is 0 Å². The molecule has 1 N–H and O–H groups in total. The lowest BCUT2D eigenvalue weighted by Crippen LogP contribution is -2.10. The van der Waals surface area contributed by atoms with E-state index in [1.807, 2.05) is 19.6 Å². The van der Waals surface area contributed by atoms with Gasteiger partial charge in [-0.05, 0) is 25.9 Å². The Hall–Kier alpha value is -0.830. The molecule has 1 fully saturated rings. The van der Waals surface area contributed by atoms with Gasteiger partial charge in [-0.3, -0.25) is 0 Å². The van der Waals surface area contributed by atoms with Crippen LogP contribution in [-0.2, 0) is 7.05 Å². The molecule has 0 amide bonds. The van der Waals surface area contributed by atoms with Crippen molar-refractivity contribution in [1.82, 2.24) is 14.9 Å². The minimum atomic E-state index is 0.755. The number of rotatable bonds is 3. The predicted octanol–water partition coefficient (Wildman–Crippen LogP) is 0.743. The average Bonchev–Trinajstić information content (AvgIpc) is 2.67. The zero-order chi connectivity index (χ0) is 8.55. The number of imidazole rings is 1. The Morgan fingerprint density at radius 2 is 2.58 bits per heavy atom. The van der Waals surface area contributed by atoms with Crippen molar-refractivity contribution < 1.29 is 0 Å². The third-order valence-corrected chi connectivity index (χ3v) is 2.62. The molecule has 0 spiro atoms. The largest absolute Gasteiger partial charge is 0.337 e. The van der Waals surface area contributed by atoms with Gasteiger partial charge in [-0.25, -0.2) is 4.98 Å². The van der Waals surface area contributed by atoms with Gasteiger partial charge in [0.1, 0.15) is 0 Å². The Morgan fingerprint density at radius 3 is 3.17 bits per heavy atom. The molecule has 1 aromatic heterocycles. The topological polar surface area (TPSA) is 29.9 Å². The molecule has 0 radical (unpaired) electrons. The number of nitrogens with one attached hydrogen (secondary N) is 1. The summed E-state index contributed by atoms with van der Waals surface area (Å²) in [6.45, 7) is 1.13. The van der Waals surface area contributed by atoms with Crippen LogP contribution in [0.1, 0.15) is 18.0 Å². The van der Waals surface area contributed by atoms with E-state index in [9.17, 15) is 0 Å². The van der Waals surface area contributed by atoms with Gasteiger partial charge in [0.2, 0.25) is 0 Å². The summed E-state index contributed by atoms with van der Waals surface area (Å²) < 4.78 is 2.13. The summed E-state index contributed by atoms with van der Waals surface area (Å²) in [7, 11) is 4.08. The van der Waals surface area contributed by atoms with Crippen molar-refractivity contribution in [3.63, 3.8) is 0 Å². The van der Waals surface area contributed by atoms with E-state index >= 15 is 0 Å². The highest BCUT2D eigenvalue weighted by Crippen LogP contribution is 2.46. The van der Waals surface area contributed by atoms with E-state index in [-0.39, 0.29) is 0 Å². The van der Waals surface area contributed by atoms with E-state index in [0.29, 0.717) is 0 Å². The maximum absolute atomic E-state index is 4.12. The normalized spacial score (nSPS) is 27.5. The van der Waals surface area contributed by atoms with Crippen LogP contribution in [0.2, 0.25) is 0 Å². The van der Waals surface area contributed by atoms with Crippen LogP contribution in [0, 0.1) is 5.92 Å². The fourth-order valence-corrected chi connectivity index (χ4v) is 1.82. The molecule has 1 saturated carbocycles. The van der Waals surface area contributed by atoms with Crippen molar-refractivity contribution in [3.05, 3.63) is 18.2 Å². The highest BCUT2D eigenvalue weighted by molar-refractivity contribution is 5.16. The van der Waals surface area contributed by atoms with Crippen molar-refractivity contribution >= 4 is 0 Å². The number of nitrogens with zero attached hydrogens (tertiary/aromatic N) is 2. The van der Waals surface area contributed by atoms with Gasteiger partial charge in [-0.2, -0.15) is 0 Å². The number of hydrogen-bond acceptors (Lipinski definition) is 2. The van der Waals surface area contributed by atoms with Crippen molar-refractivity contribution in [2.75, 3.05) is 13.6 Å². The lowest BCUT2D eigenvalue weighted by atomic mass is 10.2. The Bertz CT molecular complexity index is 266. The molecule has 1 aliphatic rings. The molecule has 1 aliphatic carbocycles. The summed E-state index contributed by atoms with van der Waals surface area (Å²) in [5.41, 5.74) is 1.38. The Kier molecular flexibility index (Phi) is 1.89. The van der Waals surface area contributed by atoms with E-state index in [2.05, 4.69) is 21.9 Å². The highest BCUT2D eigenvalue weighted by Gasteiger charge is 2.39. The Balaban J connectivity index is 2.01. The number of aromatic nitrogens is 2. The summed E-state index contributed by atoms with van der Waals surface area (Å²) in [5, 5.41) is 3.21. The summed E-state index contributed by atoms with van der Waals surface area (Å²) in [5.74, 6) is 1.59. The van der Waals surface area contributed by atoms with Gasteiger partial charge in [0.25, 0.3) is 0 Å². The van der Waals surface area contributed by atoms with Gasteiger partial charge < -0.3 is 9.88 Å². The SMILES string of the molecule is CNCC1CC1c1cncn1C. The van der Waals surface area contributed by atoms with Crippen LogP contribution in [0.15, 0.2) is 12.5 Å². The first-order valence-corrected chi connectivity index (χ1v) is 4.43. The molecular formula is C9H15N3. The highest BCUT2D eigenvalue weighted by atomic mass is 15.0. The lowest BCUT2D eigenvalue weighted by Gasteiger charge is -2.00. The molecule has 12 heavy (non-hydrogen) atoms. The fourth-order valence-electron chi connectivity index (χ4n) is 1.82. The van der Waals surface area contributed by atoms with E-state index < -0.39 is 0 Å². The van der Waals surface area contributed by atoms with Crippen molar-refractivity contribution in [3.8, 4) is 0 Å². The molecule has 0 aliphatic heterocycles. The first kappa shape index (κ1) is 7.80. The minimum Gasteiger partial charge on any atom is -0.337 e. The molecule has 0 aromatic carbocycles. The van der Waals surface area contributed by atoms with Gasteiger partial charge in [-0.1, -0.05) is 0 Å². The van der Waals surface area contributed by atoms with Crippen molar-refractivity contribution in [1.29, 1.82) is 0 Å². The number of hydrogen-bond donors (Lipinski definition) is 1. The molecule has 66 valence electrons. The van der Waals surface area contributed by atoms with Crippen LogP contribution in [0.4, 0.5) is 0 Å². The summed E-state index contributed by atoms with van der Waals surface area (Å²) in [6, 6.07) is 0. The van der Waals surface area contributed by atoms with Crippen LogP contribution in [0.3, 0.4) is 0 Å².